The predicted octanol–water partition coefficient (Wildman–Crippen LogP) is -1.07. The van der Waals surface area contributed by atoms with E-state index in [1.807, 2.05) is 0 Å². The predicted molar refractivity (Wildman–Crippen MR) is 71.0 cm³/mol. The first-order chi connectivity index (χ1) is 9.49. The van der Waals surface area contributed by atoms with Gasteiger partial charge in [-0.15, -0.1) is 0 Å². The molecule has 0 aromatic carbocycles. The van der Waals surface area contributed by atoms with E-state index in [9.17, 15) is 14.4 Å². The average molecular weight is 277 g/mol. The van der Waals surface area contributed by atoms with Crippen LogP contribution in [0.25, 0.3) is 0 Å². The number of nitrogens with zero attached hydrogens (tertiary/aromatic N) is 4. The fraction of sp³-hybridized carbons (Fsp3) is 0.333. The molecular formula is C12H15N5O3. The first-order valence-corrected chi connectivity index (χ1v) is 5.97. The number of hydrogen-bond donors (Lipinski definition) is 1. The van der Waals surface area contributed by atoms with Crippen molar-refractivity contribution >= 4 is 5.91 Å². The smallest absolute Gasteiger partial charge is 0.331 e. The van der Waals surface area contributed by atoms with Crippen LogP contribution in [0.5, 0.6) is 0 Å². The van der Waals surface area contributed by atoms with Crippen LogP contribution in [-0.4, -0.2) is 37.2 Å². The van der Waals surface area contributed by atoms with Gasteiger partial charge in [-0.05, 0) is 0 Å². The minimum atomic E-state index is -0.512. The molecule has 2 aromatic heterocycles. The molecule has 0 fully saturated rings. The molecule has 0 aliphatic heterocycles. The number of likely N-dealkylation sites (N-methyl/N-ethyl adjacent to an activating group) is 1. The van der Waals surface area contributed by atoms with Crippen molar-refractivity contribution in [1.29, 1.82) is 0 Å². The number of H-pyrrole nitrogens is 1. The third-order valence-corrected chi connectivity index (χ3v) is 2.97. The molecule has 1 amide bonds. The zero-order valence-electron chi connectivity index (χ0n) is 11.2. The minimum Gasteiger partial charge on any atom is -0.340 e. The highest BCUT2D eigenvalue weighted by Gasteiger charge is 2.12. The summed E-state index contributed by atoms with van der Waals surface area (Å²) in [4.78, 5) is 36.6. The number of rotatable bonds is 4. The molecule has 2 aromatic rings. The molecule has 0 saturated heterocycles. The Hall–Kier alpha value is -2.64. The summed E-state index contributed by atoms with van der Waals surface area (Å²) in [5.41, 5.74) is -0.0401. The van der Waals surface area contributed by atoms with Gasteiger partial charge in [0.1, 0.15) is 6.54 Å². The molecule has 0 saturated carbocycles. The topological polar surface area (TPSA) is 93.0 Å². The summed E-state index contributed by atoms with van der Waals surface area (Å²) in [5.74, 6) is -0.230. The lowest BCUT2D eigenvalue weighted by Crippen LogP contribution is -2.40. The second-order valence-corrected chi connectivity index (χ2v) is 4.48. The van der Waals surface area contributed by atoms with Crippen LogP contribution in [0, 0.1) is 0 Å². The highest BCUT2D eigenvalue weighted by molar-refractivity contribution is 5.75. The van der Waals surface area contributed by atoms with Crippen molar-refractivity contribution in [3.63, 3.8) is 0 Å². The Labute approximate surface area is 114 Å². The van der Waals surface area contributed by atoms with E-state index in [4.69, 9.17) is 0 Å². The molecule has 0 spiro atoms. The number of nitrogens with one attached hydrogen (secondary N) is 1. The zero-order chi connectivity index (χ0) is 14.7. The van der Waals surface area contributed by atoms with E-state index >= 15 is 0 Å². The van der Waals surface area contributed by atoms with Gasteiger partial charge in [0.25, 0.3) is 5.56 Å². The summed E-state index contributed by atoms with van der Waals surface area (Å²) in [6.45, 7) is 0.289. The Kier molecular flexibility index (Phi) is 3.83. The first-order valence-electron chi connectivity index (χ1n) is 5.97. The van der Waals surface area contributed by atoms with Crippen molar-refractivity contribution in [3.05, 3.63) is 51.1 Å². The van der Waals surface area contributed by atoms with Gasteiger partial charge in [0.15, 0.2) is 0 Å². The van der Waals surface area contributed by atoms with Crippen molar-refractivity contribution in [2.75, 3.05) is 7.05 Å². The Morgan fingerprint density at radius 2 is 2.20 bits per heavy atom. The molecule has 2 heterocycles. The van der Waals surface area contributed by atoms with Crippen molar-refractivity contribution in [2.24, 2.45) is 7.05 Å². The highest BCUT2D eigenvalue weighted by Crippen LogP contribution is 2.00. The van der Waals surface area contributed by atoms with Gasteiger partial charge in [-0.25, -0.2) is 4.79 Å². The van der Waals surface area contributed by atoms with Crippen molar-refractivity contribution in [3.8, 4) is 0 Å². The molecule has 8 nitrogen and oxygen atoms in total. The Morgan fingerprint density at radius 1 is 1.45 bits per heavy atom. The third-order valence-electron chi connectivity index (χ3n) is 2.97. The molecule has 0 aliphatic rings. The maximum absolute atomic E-state index is 12.0. The lowest BCUT2D eigenvalue weighted by atomic mass is 10.3. The van der Waals surface area contributed by atoms with Crippen LogP contribution in [0.15, 0.2) is 34.2 Å². The molecule has 2 rings (SSSR count). The number of aromatic amines is 1. The summed E-state index contributed by atoms with van der Waals surface area (Å²) in [7, 11) is 3.02. The largest absolute Gasteiger partial charge is 0.340 e. The normalized spacial score (nSPS) is 10.5. The summed E-state index contributed by atoms with van der Waals surface area (Å²) >= 11 is 0. The summed E-state index contributed by atoms with van der Waals surface area (Å²) in [6.07, 6.45) is 4.65. The second-order valence-electron chi connectivity index (χ2n) is 4.48. The monoisotopic (exact) mass is 277 g/mol. The number of hydrogen-bond acceptors (Lipinski definition) is 4. The van der Waals surface area contributed by atoms with Crippen LogP contribution < -0.4 is 11.2 Å². The average Bonchev–Trinajstić information content (AvgIpc) is 2.92. The Bertz CT molecular complexity index is 713. The molecule has 106 valence electrons. The molecule has 0 radical (unpaired) electrons. The number of carbonyl (C=O) groups is 1. The lowest BCUT2D eigenvalue weighted by molar-refractivity contribution is -0.131. The van der Waals surface area contributed by atoms with E-state index < -0.39 is 11.2 Å². The molecule has 20 heavy (non-hydrogen) atoms. The van der Waals surface area contributed by atoms with Crippen LogP contribution in [-0.2, 0) is 24.9 Å². The van der Waals surface area contributed by atoms with Gasteiger partial charge in [0, 0.05) is 44.7 Å². The summed E-state index contributed by atoms with van der Waals surface area (Å²) < 4.78 is 2.17. The van der Waals surface area contributed by atoms with Crippen LogP contribution in [0.3, 0.4) is 0 Å². The van der Waals surface area contributed by atoms with Gasteiger partial charge in [-0.1, -0.05) is 0 Å². The Morgan fingerprint density at radius 3 is 2.85 bits per heavy atom. The first kappa shape index (κ1) is 13.8. The molecular weight excluding hydrogens is 262 g/mol. The van der Waals surface area contributed by atoms with E-state index in [0.717, 1.165) is 10.1 Å². The number of aromatic nitrogens is 4. The lowest BCUT2D eigenvalue weighted by Gasteiger charge is -2.17. The summed E-state index contributed by atoms with van der Waals surface area (Å²) in [6, 6.07) is 1.25. The van der Waals surface area contributed by atoms with Crippen LogP contribution in [0.2, 0.25) is 0 Å². The van der Waals surface area contributed by atoms with Gasteiger partial charge in [-0.2, -0.15) is 5.10 Å². The van der Waals surface area contributed by atoms with E-state index in [1.165, 1.54) is 28.8 Å². The van der Waals surface area contributed by atoms with Gasteiger partial charge in [-0.3, -0.25) is 23.8 Å². The molecule has 0 aliphatic carbocycles. The maximum Gasteiger partial charge on any atom is 0.331 e. The van der Waals surface area contributed by atoms with E-state index in [2.05, 4.69) is 10.2 Å². The fourth-order valence-electron chi connectivity index (χ4n) is 1.73. The maximum atomic E-state index is 12.0. The molecule has 0 atom stereocenters. The standard InChI is InChI=1S/C12H15N5O3/c1-15(7-9-5-13-14-6-9)11(19)8-17-4-3-10(18)16(2)12(17)20/h3-6H,7-8H2,1-2H3,(H,13,14). The Balaban J connectivity index is 2.10. The quantitative estimate of drug-likeness (QED) is 0.770. The second kappa shape index (κ2) is 5.55. The van der Waals surface area contributed by atoms with E-state index in [0.29, 0.717) is 6.54 Å². The van der Waals surface area contributed by atoms with E-state index in [-0.39, 0.29) is 12.5 Å². The SMILES string of the molecule is CN(Cc1cn[nH]c1)C(=O)Cn1ccc(=O)n(C)c1=O. The van der Waals surface area contributed by atoms with Gasteiger partial charge in [0.2, 0.25) is 5.91 Å². The molecule has 0 unspecified atom stereocenters. The van der Waals surface area contributed by atoms with Crippen LogP contribution in [0.1, 0.15) is 5.56 Å². The van der Waals surface area contributed by atoms with Gasteiger partial charge < -0.3 is 4.90 Å². The van der Waals surface area contributed by atoms with Crippen molar-refractivity contribution in [2.45, 2.75) is 13.1 Å². The fourth-order valence-corrected chi connectivity index (χ4v) is 1.73. The van der Waals surface area contributed by atoms with Gasteiger partial charge in [0.05, 0.1) is 6.20 Å². The highest BCUT2D eigenvalue weighted by atomic mass is 16.2. The zero-order valence-corrected chi connectivity index (χ0v) is 11.2. The minimum absolute atomic E-state index is 0.110. The number of carbonyl (C=O) groups excluding carboxylic acids is 1. The van der Waals surface area contributed by atoms with Crippen molar-refractivity contribution < 1.29 is 4.79 Å². The molecule has 1 N–H and O–H groups in total. The van der Waals surface area contributed by atoms with Gasteiger partial charge >= 0.3 is 5.69 Å². The van der Waals surface area contributed by atoms with Crippen LogP contribution in [0.4, 0.5) is 0 Å². The number of amides is 1. The summed E-state index contributed by atoms with van der Waals surface area (Å²) in [5, 5.41) is 6.46. The molecule has 8 heteroatoms. The van der Waals surface area contributed by atoms with Crippen molar-refractivity contribution in [1.82, 2.24) is 24.2 Å². The van der Waals surface area contributed by atoms with Crippen LogP contribution >= 0.6 is 0 Å². The third kappa shape index (κ3) is 2.85. The molecule has 0 bridgehead atoms. The van der Waals surface area contributed by atoms with E-state index in [1.54, 1.807) is 19.4 Å².